The van der Waals surface area contributed by atoms with E-state index >= 15 is 0 Å². The van der Waals surface area contributed by atoms with Crippen molar-refractivity contribution in [1.29, 1.82) is 0 Å². The van der Waals surface area contributed by atoms with Crippen LogP contribution in [0.5, 0.6) is 0 Å². The number of aliphatic imine (C=N–C) groups is 4. The molecule has 15 nitrogen and oxygen atoms in total. The van der Waals surface area contributed by atoms with E-state index < -0.39 is 17.5 Å². The van der Waals surface area contributed by atoms with E-state index in [1.165, 1.54) is 33.3 Å². The maximum Gasteiger partial charge on any atom is 2.00 e. The number of hydrogen-bond acceptors (Lipinski definition) is 13. The van der Waals surface area contributed by atoms with Gasteiger partial charge in [-0.2, -0.15) is 0 Å². The van der Waals surface area contributed by atoms with Gasteiger partial charge in [-0.15, -0.1) is 6.58 Å². The number of carboxylic acid groups (broad SMARTS) is 2. The van der Waals surface area contributed by atoms with Crippen molar-refractivity contribution in [3.05, 3.63) is 242 Å². The van der Waals surface area contributed by atoms with Crippen molar-refractivity contribution in [2.45, 2.75) is 335 Å². The Morgan fingerprint density at radius 3 is 0.513 bits per heavy atom. The molecular formula is C103H188MgN4O11. The molecule has 0 spiro atoms. The predicted molar refractivity (Wildman–Crippen MR) is 538 cm³/mol. The van der Waals surface area contributed by atoms with Gasteiger partial charge in [0.2, 0.25) is 23.6 Å². The molecule has 0 radical (unpaired) electrons. The molecule has 4 aliphatic heterocycles. The minimum atomic E-state index is -0.879. The fourth-order valence-corrected chi connectivity index (χ4v) is 6.41. The van der Waals surface area contributed by atoms with Gasteiger partial charge in [-0.1, -0.05) is 305 Å². The van der Waals surface area contributed by atoms with Crippen LogP contribution < -0.4 is 0 Å². The number of rotatable bonds is 6. The van der Waals surface area contributed by atoms with Crippen molar-refractivity contribution in [3.8, 4) is 0 Å². The summed E-state index contributed by atoms with van der Waals surface area (Å²) in [5.41, 5.74) is 5.82. The van der Waals surface area contributed by atoms with E-state index in [0.717, 1.165) is 51.8 Å². The topological polar surface area (TPSA) is 215 Å². The first-order valence-electron chi connectivity index (χ1n) is 39.2. The van der Waals surface area contributed by atoms with Crippen LogP contribution in [0.4, 0.5) is 0 Å². The molecule has 688 valence electrons. The molecular weight excluding hydrogens is 1490 g/mol. The summed E-state index contributed by atoms with van der Waals surface area (Å²) in [5, 5.41) is 25.3. The van der Waals surface area contributed by atoms with Crippen molar-refractivity contribution < 1.29 is 53.4 Å². The molecule has 4 aliphatic rings. The van der Waals surface area contributed by atoms with Gasteiger partial charge in [0.25, 0.3) is 0 Å². The second-order valence-electron chi connectivity index (χ2n) is 28.8. The van der Waals surface area contributed by atoms with Crippen molar-refractivity contribution in [1.82, 2.24) is 0 Å². The van der Waals surface area contributed by atoms with Crippen LogP contribution in [0.25, 0.3) is 0 Å². The fourth-order valence-electron chi connectivity index (χ4n) is 6.41. The molecule has 0 saturated heterocycles. The number of carbonyl (C=O) groups is 4. The zero-order valence-electron chi connectivity index (χ0n) is 79.0. The van der Waals surface area contributed by atoms with Crippen molar-refractivity contribution in [2.75, 3.05) is 26.4 Å². The third kappa shape index (κ3) is 110. The van der Waals surface area contributed by atoms with E-state index in [0.29, 0.717) is 43.0 Å². The molecule has 6 aromatic rings. The van der Waals surface area contributed by atoms with Gasteiger partial charge < -0.3 is 58.7 Å². The van der Waals surface area contributed by atoms with Crippen LogP contribution >= 0.6 is 0 Å². The molecule has 119 heavy (non-hydrogen) atoms. The molecule has 0 unspecified atom stereocenters. The number of hydrogen-bond donors (Lipinski definition) is 3. The number of aliphatic hydroxyl groups is 1. The molecule has 0 fully saturated rings. The standard InChI is InChI=1S/4C11H13NO.2C7H6O2.C5H12.C4H10O.C4H10.C4H8.2C3H6O.7C2H6.6CH4.2CH3.Mg/c4*1-11(2)8-13-10(12-11)9-6-4-3-5-7-9;2*8-7(9)6-4-2-1-3-5-6;1-5(2,3)4;1-4(2,3)5;2*1-4(2)3;2*1-3(2)4;7*1-2;;;;;;;;;/h4*3-7H,8H2,1-2H3;2*1-5H,(H,8,9);1-4H3;5H,1-3H3;4H,1-3H3;1H2,2-3H3;2*1-2H3;7*1-2H3;6*1H4;2*1H3;/q;;;;;;;;;;;;;;;;;;;;;;;;;2*-1;+2. The Balaban J connectivity index is -0.0000000585. The van der Waals surface area contributed by atoms with Gasteiger partial charge in [0, 0.05) is 22.3 Å². The summed E-state index contributed by atoms with van der Waals surface area (Å²) >= 11 is 0. The Labute approximate surface area is 754 Å². The summed E-state index contributed by atoms with van der Waals surface area (Å²) in [6.45, 7) is 81.4. The average molecular weight is 1680 g/mol. The Hall–Kier alpha value is -8.05. The predicted octanol–water partition coefficient (Wildman–Crippen LogP) is 30.5. The molecule has 6 aromatic carbocycles. The van der Waals surface area contributed by atoms with Gasteiger partial charge in [-0.05, 0) is 202 Å². The van der Waals surface area contributed by atoms with Crippen LogP contribution in [0, 0.1) is 26.2 Å². The number of allylic oxidation sites excluding steroid dienone is 1. The first kappa shape index (κ1) is 155. The Morgan fingerprint density at radius 1 is 0.336 bits per heavy atom. The third-order valence-electron chi connectivity index (χ3n) is 9.99. The summed E-state index contributed by atoms with van der Waals surface area (Å²) in [6, 6.07) is 56.6. The van der Waals surface area contributed by atoms with Crippen molar-refractivity contribution >= 4 is 70.1 Å². The van der Waals surface area contributed by atoms with Crippen LogP contribution in [0.15, 0.2) is 214 Å². The first-order valence-corrected chi connectivity index (χ1v) is 39.2. The normalized spacial score (nSPS) is 12.1. The van der Waals surface area contributed by atoms with Gasteiger partial charge in [0.05, 0.1) is 38.9 Å². The minimum Gasteiger partial charge on any atom is -0.478 e. The maximum absolute atomic E-state index is 10.2. The number of carbonyl (C=O) groups excluding carboxylic acids is 2. The molecule has 0 amide bonds. The molecule has 0 aromatic heterocycles. The average Bonchev–Trinajstić information content (AvgIpc) is 1.73. The fraction of sp³-hybridized carbons (Fsp3) is 0.534. The summed E-state index contributed by atoms with van der Waals surface area (Å²) in [6.07, 6.45) is 0. The Bertz CT molecular complexity index is 2890. The number of ether oxygens (including phenoxy) is 4. The van der Waals surface area contributed by atoms with Gasteiger partial charge in [-0.25, -0.2) is 29.6 Å². The summed E-state index contributed by atoms with van der Waals surface area (Å²) in [4.78, 5) is 57.2. The van der Waals surface area contributed by atoms with E-state index in [2.05, 4.69) is 130 Å². The van der Waals surface area contributed by atoms with E-state index in [4.69, 9.17) is 34.3 Å². The number of aromatic carboxylic acids is 2. The summed E-state index contributed by atoms with van der Waals surface area (Å²) < 4.78 is 22.0. The zero-order chi connectivity index (χ0) is 87.9. The van der Waals surface area contributed by atoms with Crippen LogP contribution in [-0.2, 0) is 28.5 Å². The Morgan fingerprint density at radius 2 is 0.437 bits per heavy atom. The second-order valence-corrected chi connectivity index (χ2v) is 28.8. The maximum atomic E-state index is 10.2. The van der Waals surface area contributed by atoms with Crippen molar-refractivity contribution in [3.63, 3.8) is 0 Å². The van der Waals surface area contributed by atoms with E-state index in [-0.39, 0.29) is 116 Å². The quantitative estimate of drug-likeness (QED) is 0.0810. The smallest absolute Gasteiger partial charge is 0.478 e. The number of ketones is 2. The van der Waals surface area contributed by atoms with Gasteiger partial charge in [0.15, 0.2) is 0 Å². The molecule has 0 atom stereocenters. The molecule has 0 saturated carbocycles. The third-order valence-corrected chi connectivity index (χ3v) is 9.99. The summed E-state index contributed by atoms with van der Waals surface area (Å²) in [5.74, 6) is 2.48. The molecule has 3 N–H and O–H groups in total. The number of carboxylic acids is 2. The minimum absolute atomic E-state index is 0. The SMILES string of the molecule is C.C.C.C.C.C.C=C(C)C.CC.CC.CC.CC.CC.CC.CC.CC(C)(C)C.CC(C)(C)O.CC(C)=O.CC(C)=O.CC(C)C.CC1(C)COC(c2ccccc2)=N1.CC1(C)COC(c2ccccc2)=N1.CC1(C)COC(c2ccccc2)=N1.CC1(C)COC(c2ccccc2)=N1.O=C(O)c1ccccc1.O=C(O)c1ccccc1.[CH3-].[CH3-].[Mg+2]. The summed E-state index contributed by atoms with van der Waals surface area (Å²) in [7, 11) is 0. The van der Waals surface area contributed by atoms with Gasteiger partial charge in [-0.3, -0.25) is 0 Å². The van der Waals surface area contributed by atoms with Crippen LogP contribution in [0.1, 0.15) is 351 Å². The van der Waals surface area contributed by atoms with Crippen LogP contribution in [0.2, 0.25) is 0 Å². The van der Waals surface area contributed by atoms with E-state index in [1.807, 2.05) is 232 Å². The largest absolute Gasteiger partial charge is 2.00 e. The first-order chi connectivity index (χ1) is 51.2. The molecule has 4 heterocycles. The Kier molecular flexibility index (Phi) is 122. The molecule has 16 heteroatoms. The number of Topliss-reactive ketones (excluding diaryl/α,β-unsaturated/α-hetero) is 2. The molecule has 0 aliphatic carbocycles. The second kappa shape index (κ2) is 93.8. The van der Waals surface area contributed by atoms with Gasteiger partial charge >= 0.3 is 35.0 Å². The molecule has 10 rings (SSSR count). The zero-order valence-corrected chi connectivity index (χ0v) is 80.5. The number of benzene rings is 6. The molecule has 0 bridgehead atoms. The van der Waals surface area contributed by atoms with Gasteiger partial charge in [0.1, 0.15) is 38.0 Å². The van der Waals surface area contributed by atoms with E-state index in [9.17, 15) is 19.2 Å². The van der Waals surface area contributed by atoms with Crippen LogP contribution in [-0.4, -0.2) is 140 Å². The number of nitrogens with zero attached hydrogens (tertiary/aromatic N) is 4. The van der Waals surface area contributed by atoms with E-state index in [1.54, 1.807) is 81.4 Å². The van der Waals surface area contributed by atoms with Crippen LogP contribution in [0.3, 0.4) is 0 Å². The monoisotopic (exact) mass is 1680 g/mol. The van der Waals surface area contributed by atoms with Crippen molar-refractivity contribution in [2.24, 2.45) is 31.3 Å².